The van der Waals surface area contributed by atoms with Gasteiger partial charge in [-0.3, -0.25) is 4.79 Å². The molecule has 1 N–H and O–H groups in total. The normalized spacial score (nSPS) is 27.4. The third kappa shape index (κ3) is 2.05. The lowest BCUT2D eigenvalue weighted by Gasteiger charge is -2.51. The molecule has 0 unspecified atom stereocenters. The van der Waals surface area contributed by atoms with Crippen LogP contribution in [0, 0.1) is 11.8 Å². The van der Waals surface area contributed by atoms with Gasteiger partial charge in [0.1, 0.15) is 5.92 Å². The predicted octanol–water partition coefficient (Wildman–Crippen LogP) is 0.874. The van der Waals surface area contributed by atoms with Crippen LogP contribution in [0.1, 0.15) is 29.8 Å². The van der Waals surface area contributed by atoms with E-state index in [0.29, 0.717) is 39.8 Å². The molecule has 4 aliphatic heterocycles. The quantitative estimate of drug-likeness (QED) is 0.575. The minimum atomic E-state index is -1.40. The van der Waals surface area contributed by atoms with Gasteiger partial charge in [0.15, 0.2) is 29.2 Å². The molecule has 0 radical (unpaired) electrons. The number of carbonyl (C=O) groups is 2. The molecule has 33 heavy (non-hydrogen) atoms. The van der Waals surface area contributed by atoms with Crippen molar-refractivity contribution in [3.05, 3.63) is 53.3 Å². The first-order chi connectivity index (χ1) is 15.9. The molecule has 9 nitrogen and oxygen atoms in total. The highest BCUT2D eigenvalue weighted by atomic mass is 16.7. The van der Waals surface area contributed by atoms with Crippen molar-refractivity contribution in [3.8, 4) is 23.0 Å². The molecule has 0 amide bonds. The molecular formula is C24H17NO8. The van der Waals surface area contributed by atoms with Crippen LogP contribution in [0.25, 0.3) is 10.8 Å². The van der Waals surface area contributed by atoms with Gasteiger partial charge in [-0.2, -0.15) is 4.57 Å². The summed E-state index contributed by atoms with van der Waals surface area (Å²) in [5, 5.41) is 24.4. The predicted molar refractivity (Wildman–Crippen MR) is 107 cm³/mol. The summed E-state index contributed by atoms with van der Waals surface area (Å²) in [5.41, 5.74) is 0.824. The molecule has 0 spiro atoms. The number of carbonyl (C=O) groups excluding carboxylic acids is 1. The third-order valence-electron chi connectivity index (χ3n) is 7.56. The van der Waals surface area contributed by atoms with Crippen molar-refractivity contribution in [2.75, 3.05) is 13.6 Å². The van der Waals surface area contributed by atoms with Crippen molar-refractivity contribution in [3.63, 3.8) is 0 Å². The molecule has 9 heteroatoms. The van der Waals surface area contributed by atoms with E-state index in [1.165, 1.54) is 0 Å². The van der Waals surface area contributed by atoms with Crippen LogP contribution in [-0.4, -0.2) is 30.6 Å². The largest absolute Gasteiger partial charge is 0.550 e. The van der Waals surface area contributed by atoms with Crippen LogP contribution >= 0.6 is 0 Å². The van der Waals surface area contributed by atoms with Crippen molar-refractivity contribution in [1.29, 1.82) is 0 Å². The Bertz CT molecular complexity index is 1430. The van der Waals surface area contributed by atoms with E-state index in [0.717, 1.165) is 10.8 Å². The maximum absolute atomic E-state index is 12.6. The summed E-state index contributed by atoms with van der Waals surface area (Å²) in [6.45, 7) is 1.90. The summed E-state index contributed by atoms with van der Waals surface area (Å²) < 4.78 is 24.3. The van der Waals surface area contributed by atoms with Crippen molar-refractivity contribution < 1.29 is 43.3 Å². The van der Waals surface area contributed by atoms with Crippen LogP contribution in [0.15, 0.2) is 36.5 Å². The zero-order valence-corrected chi connectivity index (χ0v) is 17.4. The molecule has 2 bridgehead atoms. The number of carboxylic acid groups (broad SMARTS) is 2. The van der Waals surface area contributed by atoms with E-state index in [1.54, 1.807) is 13.0 Å². The summed E-state index contributed by atoms with van der Waals surface area (Å²) in [6, 6.07) is 8.32. The first-order valence-electron chi connectivity index (χ1n) is 10.6. The fourth-order valence-corrected chi connectivity index (χ4v) is 6.33. The molecule has 166 valence electrons. The zero-order chi connectivity index (χ0) is 22.6. The smallest absolute Gasteiger partial charge is 0.314 e. The van der Waals surface area contributed by atoms with Crippen LogP contribution in [0.5, 0.6) is 23.0 Å². The van der Waals surface area contributed by atoms with E-state index in [1.807, 2.05) is 35.0 Å². The Morgan fingerprint density at radius 3 is 2.55 bits per heavy atom. The standard InChI is InChI=1S/C24H17NO8/c1-24-12-2-3-13-20(33-9-30-13)16(12)19(17(22(26)27)18(24)23(28)29)25-5-4-10-6-14-15(32-8-31-14)7-11(10)21(24)25/h2-7,17-19H,8-9H2,1H3,(H-,26,27,28,29)/t17-,18+,19-,24+/m0/s1. The van der Waals surface area contributed by atoms with Crippen LogP contribution in [0.4, 0.5) is 0 Å². The van der Waals surface area contributed by atoms with E-state index in [4.69, 9.17) is 18.9 Å². The van der Waals surface area contributed by atoms with E-state index >= 15 is 0 Å². The second-order valence-electron chi connectivity index (χ2n) is 8.93. The number of hydrogen-bond donors (Lipinski definition) is 1. The van der Waals surface area contributed by atoms with Gasteiger partial charge in [0, 0.05) is 18.0 Å². The van der Waals surface area contributed by atoms with Crippen molar-refractivity contribution in [2.24, 2.45) is 11.8 Å². The zero-order valence-electron chi connectivity index (χ0n) is 17.4. The van der Waals surface area contributed by atoms with Crippen molar-refractivity contribution in [2.45, 2.75) is 18.4 Å². The van der Waals surface area contributed by atoms with Gasteiger partial charge in [0.05, 0.1) is 16.4 Å². The van der Waals surface area contributed by atoms with Gasteiger partial charge in [-0.25, -0.2) is 0 Å². The molecule has 0 fully saturated rings. The lowest BCUT2D eigenvalue weighted by Crippen LogP contribution is -2.69. The fraction of sp³-hybridized carbons (Fsp3) is 0.292. The molecule has 1 aromatic heterocycles. The molecule has 8 rings (SSSR count). The first kappa shape index (κ1) is 18.6. The number of nitrogens with zero attached hydrogens (tertiary/aromatic N) is 1. The number of rotatable bonds is 2. The second-order valence-corrected chi connectivity index (χ2v) is 8.93. The average molecular weight is 447 g/mol. The SMILES string of the molecule is C[C@@]12c3ccc4c(c3[C@@H]([C@@H](C(=O)O)[C@@H]1C(=O)[O-])[n+]1ccc3cc5c(cc3c12)OCO5)OCO4. The summed E-state index contributed by atoms with van der Waals surface area (Å²) in [7, 11) is 0. The Kier molecular flexibility index (Phi) is 3.29. The Morgan fingerprint density at radius 1 is 1.06 bits per heavy atom. The highest BCUT2D eigenvalue weighted by molar-refractivity contribution is 5.92. The van der Waals surface area contributed by atoms with E-state index in [2.05, 4.69) is 0 Å². The van der Waals surface area contributed by atoms with Crippen LogP contribution in [0.3, 0.4) is 0 Å². The second kappa shape index (κ2) is 5.86. The average Bonchev–Trinajstić information content (AvgIpc) is 3.45. The Balaban J connectivity index is 1.64. The lowest BCUT2D eigenvalue weighted by molar-refractivity contribution is -0.739. The third-order valence-corrected chi connectivity index (χ3v) is 7.56. The van der Waals surface area contributed by atoms with E-state index in [9.17, 15) is 19.8 Å². The van der Waals surface area contributed by atoms with Crippen LogP contribution < -0.4 is 28.6 Å². The molecular weight excluding hydrogens is 430 g/mol. The molecule has 5 heterocycles. The summed E-state index contributed by atoms with van der Waals surface area (Å²) in [6.07, 6.45) is 1.81. The number of ether oxygens (including phenoxy) is 4. The summed E-state index contributed by atoms with van der Waals surface area (Å²) >= 11 is 0. The highest BCUT2D eigenvalue weighted by Gasteiger charge is 2.67. The van der Waals surface area contributed by atoms with Crippen molar-refractivity contribution >= 4 is 22.7 Å². The van der Waals surface area contributed by atoms with E-state index < -0.39 is 35.2 Å². The van der Waals surface area contributed by atoms with E-state index in [-0.39, 0.29) is 13.6 Å². The summed E-state index contributed by atoms with van der Waals surface area (Å²) in [4.78, 5) is 25.1. The number of fused-ring (bicyclic) bond motifs is 4. The highest BCUT2D eigenvalue weighted by Crippen LogP contribution is 2.60. The number of carboxylic acids is 2. The van der Waals surface area contributed by atoms with Gasteiger partial charge in [-0.15, -0.1) is 0 Å². The number of pyridine rings is 1. The maximum atomic E-state index is 12.6. The van der Waals surface area contributed by atoms with Gasteiger partial charge in [0.2, 0.25) is 25.3 Å². The minimum absolute atomic E-state index is 0.0234. The Labute approximate surface area is 186 Å². The van der Waals surface area contributed by atoms with Gasteiger partial charge in [-0.05, 0) is 36.1 Å². The number of hydrogen-bond acceptors (Lipinski definition) is 7. The van der Waals surface area contributed by atoms with Gasteiger partial charge >= 0.3 is 5.97 Å². The number of aromatic nitrogens is 1. The monoisotopic (exact) mass is 447 g/mol. The number of benzene rings is 2. The molecule has 5 aliphatic rings. The molecule has 3 aromatic rings. The topological polar surface area (TPSA) is 118 Å². The Morgan fingerprint density at radius 2 is 1.79 bits per heavy atom. The first-order valence-corrected chi connectivity index (χ1v) is 10.6. The molecule has 1 aliphatic carbocycles. The number of aliphatic carboxylic acids is 2. The van der Waals surface area contributed by atoms with Crippen LogP contribution in [-0.2, 0) is 15.0 Å². The molecule has 4 atom stereocenters. The fourth-order valence-electron chi connectivity index (χ4n) is 6.33. The molecule has 0 saturated carbocycles. The Hall–Kier alpha value is -4.01. The van der Waals surface area contributed by atoms with Crippen molar-refractivity contribution in [1.82, 2.24) is 0 Å². The maximum Gasteiger partial charge on any atom is 0.314 e. The van der Waals surface area contributed by atoms with Crippen LogP contribution in [0.2, 0.25) is 0 Å². The van der Waals surface area contributed by atoms with Gasteiger partial charge in [-0.1, -0.05) is 6.07 Å². The lowest BCUT2D eigenvalue weighted by atomic mass is 9.53. The molecule has 2 aromatic carbocycles. The van der Waals surface area contributed by atoms with Gasteiger partial charge in [0.25, 0.3) is 0 Å². The summed E-state index contributed by atoms with van der Waals surface area (Å²) in [5.74, 6) is -3.00. The van der Waals surface area contributed by atoms with Gasteiger partial charge < -0.3 is 34.0 Å². The molecule has 0 saturated heterocycles. The minimum Gasteiger partial charge on any atom is -0.550 e.